The van der Waals surface area contributed by atoms with E-state index in [0.717, 1.165) is 16.4 Å². The summed E-state index contributed by atoms with van der Waals surface area (Å²) in [6.45, 7) is 10.00. The summed E-state index contributed by atoms with van der Waals surface area (Å²) < 4.78 is 26.0. The van der Waals surface area contributed by atoms with Crippen LogP contribution in [0.2, 0.25) is 0 Å². The second-order valence-corrected chi connectivity index (χ2v) is 6.45. The normalized spacial score (nSPS) is 20.8. The van der Waals surface area contributed by atoms with E-state index in [1.807, 2.05) is 40.8 Å². The van der Waals surface area contributed by atoms with Crippen molar-refractivity contribution in [2.45, 2.75) is 45.8 Å². The molecule has 0 aliphatic carbocycles. The average molecular weight is 275 g/mol. The topological polar surface area (TPSA) is 34.2 Å². The predicted molar refractivity (Wildman–Crippen MR) is 78.7 cm³/mol. The Morgan fingerprint density at radius 1 is 1.10 bits per heavy atom. The van der Waals surface area contributed by atoms with Crippen LogP contribution < -0.4 is 5.46 Å². The first-order valence-corrected chi connectivity index (χ1v) is 6.85. The molecule has 1 N–H and O–H groups in total. The summed E-state index contributed by atoms with van der Waals surface area (Å²) in [5.41, 5.74) is 1.57. The van der Waals surface area contributed by atoms with Crippen molar-refractivity contribution in [1.29, 1.82) is 0 Å². The number of hydrogen-bond acceptors (Lipinski definition) is 2. The summed E-state index contributed by atoms with van der Waals surface area (Å²) in [5, 5.41) is 0.850. The highest BCUT2D eigenvalue weighted by atomic mass is 19.1. The summed E-state index contributed by atoms with van der Waals surface area (Å²) in [6.07, 6.45) is 1.81. The molecule has 20 heavy (non-hydrogen) atoms. The maximum Gasteiger partial charge on any atom is 0.495 e. The lowest BCUT2D eigenvalue weighted by Crippen LogP contribution is -2.41. The smallest absolute Gasteiger partial charge is 0.399 e. The Bertz CT molecular complexity index is 662. The fraction of sp³-hybridized carbons (Fsp3) is 0.467. The fourth-order valence-corrected chi connectivity index (χ4v) is 2.58. The van der Waals surface area contributed by atoms with Gasteiger partial charge in [0.2, 0.25) is 0 Å². The van der Waals surface area contributed by atoms with Gasteiger partial charge in [0.1, 0.15) is 5.82 Å². The molecule has 1 saturated heterocycles. The predicted octanol–water partition coefficient (Wildman–Crippen LogP) is 2.91. The van der Waals surface area contributed by atoms with Crippen molar-refractivity contribution in [3.63, 3.8) is 0 Å². The van der Waals surface area contributed by atoms with Crippen molar-refractivity contribution in [2.75, 3.05) is 0 Å². The van der Waals surface area contributed by atoms with E-state index in [2.05, 4.69) is 4.98 Å². The van der Waals surface area contributed by atoms with E-state index in [1.54, 1.807) is 6.07 Å². The van der Waals surface area contributed by atoms with E-state index in [-0.39, 0.29) is 5.82 Å². The first-order chi connectivity index (χ1) is 9.23. The van der Waals surface area contributed by atoms with Gasteiger partial charge in [0.25, 0.3) is 0 Å². The Morgan fingerprint density at radius 2 is 1.70 bits per heavy atom. The molecule has 2 aromatic rings. The molecule has 0 saturated carbocycles. The van der Waals surface area contributed by atoms with Gasteiger partial charge in [-0.05, 0) is 51.7 Å². The first kappa shape index (κ1) is 13.6. The monoisotopic (exact) mass is 275 g/mol. The lowest BCUT2D eigenvalue weighted by molar-refractivity contribution is 0.00578. The van der Waals surface area contributed by atoms with Crippen molar-refractivity contribution < 1.29 is 13.7 Å². The molecule has 106 valence electrons. The van der Waals surface area contributed by atoms with E-state index < -0.39 is 18.3 Å². The molecule has 0 radical (unpaired) electrons. The van der Waals surface area contributed by atoms with Crippen molar-refractivity contribution in [3.05, 3.63) is 29.7 Å². The van der Waals surface area contributed by atoms with Crippen LogP contribution in [0.3, 0.4) is 0 Å². The van der Waals surface area contributed by atoms with Crippen LogP contribution >= 0.6 is 0 Å². The second-order valence-electron chi connectivity index (χ2n) is 6.45. The third-order valence-electron chi connectivity index (χ3n) is 4.52. The number of halogens is 1. The van der Waals surface area contributed by atoms with Gasteiger partial charge in [-0.15, -0.1) is 0 Å². The molecule has 1 aliphatic rings. The highest BCUT2D eigenvalue weighted by molar-refractivity contribution is 6.65. The van der Waals surface area contributed by atoms with E-state index in [0.29, 0.717) is 5.52 Å². The lowest BCUT2D eigenvalue weighted by atomic mass is 9.76. The van der Waals surface area contributed by atoms with Crippen LogP contribution in [0.5, 0.6) is 0 Å². The van der Waals surface area contributed by atoms with Crippen molar-refractivity contribution in [1.82, 2.24) is 4.98 Å². The van der Waals surface area contributed by atoms with E-state index in [9.17, 15) is 4.39 Å². The number of rotatable bonds is 1. The van der Waals surface area contributed by atoms with Gasteiger partial charge in [-0.2, -0.15) is 0 Å². The van der Waals surface area contributed by atoms with Crippen molar-refractivity contribution in [3.8, 4) is 0 Å². The molecule has 1 aliphatic heterocycles. The lowest BCUT2D eigenvalue weighted by Gasteiger charge is -2.32. The number of benzene rings is 1. The third-order valence-corrected chi connectivity index (χ3v) is 4.52. The molecule has 1 aromatic carbocycles. The number of aromatic amines is 1. The average Bonchev–Trinajstić information content (AvgIpc) is 2.80. The van der Waals surface area contributed by atoms with Crippen molar-refractivity contribution >= 4 is 23.5 Å². The van der Waals surface area contributed by atoms with Gasteiger partial charge >= 0.3 is 7.12 Å². The second kappa shape index (κ2) is 4.09. The summed E-state index contributed by atoms with van der Waals surface area (Å²) >= 11 is 0. The maximum absolute atomic E-state index is 13.9. The van der Waals surface area contributed by atoms with Gasteiger partial charge in [-0.1, -0.05) is 6.07 Å². The zero-order chi connectivity index (χ0) is 14.7. The molecular formula is C15H19BFNO2. The van der Waals surface area contributed by atoms with Crippen LogP contribution in [-0.4, -0.2) is 23.3 Å². The summed E-state index contributed by atoms with van der Waals surface area (Å²) in [6, 6.07) is 3.21. The summed E-state index contributed by atoms with van der Waals surface area (Å²) in [4.78, 5) is 2.98. The van der Waals surface area contributed by atoms with E-state index >= 15 is 0 Å². The molecule has 2 heterocycles. The zero-order valence-electron chi connectivity index (χ0n) is 12.5. The molecule has 5 heteroatoms. The Morgan fingerprint density at radius 3 is 2.30 bits per heavy atom. The molecule has 3 rings (SSSR count). The molecule has 0 atom stereocenters. The first-order valence-electron chi connectivity index (χ1n) is 6.85. The Kier molecular flexibility index (Phi) is 2.79. The van der Waals surface area contributed by atoms with Gasteiger partial charge in [0.05, 0.1) is 16.7 Å². The number of aromatic nitrogens is 1. The SMILES string of the molecule is Cc1c[nH]c2c(F)ccc(B3OC(C)(C)C(C)(C)O3)c12. The summed E-state index contributed by atoms with van der Waals surface area (Å²) in [7, 11) is -0.474. The minimum Gasteiger partial charge on any atom is -0.399 e. The number of hydrogen-bond donors (Lipinski definition) is 1. The molecule has 0 spiro atoms. The van der Waals surface area contributed by atoms with Crippen LogP contribution in [0, 0.1) is 12.7 Å². The Balaban J connectivity index is 2.13. The minimum absolute atomic E-state index is 0.256. The number of H-pyrrole nitrogens is 1. The number of aryl methyl sites for hydroxylation is 1. The maximum atomic E-state index is 13.9. The standard InChI is InChI=1S/C15H19BFNO2/c1-9-8-18-13-11(17)7-6-10(12(9)13)16-19-14(2,3)15(4,5)20-16/h6-8,18H,1-5H3. The van der Waals surface area contributed by atoms with Crippen LogP contribution in [0.25, 0.3) is 10.9 Å². The van der Waals surface area contributed by atoms with Gasteiger partial charge < -0.3 is 14.3 Å². The highest BCUT2D eigenvalue weighted by Gasteiger charge is 2.52. The van der Waals surface area contributed by atoms with Crippen LogP contribution in [-0.2, 0) is 9.31 Å². The molecule has 0 unspecified atom stereocenters. The Labute approximate surface area is 118 Å². The van der Waals surface area contributed by atoms with Gasteiger partial charge in [0, 0.05) is 11.6 Å². The highest BCUT2D eigenvalue weighted by Crippen LogP contribution is 2.37. The van der Waals surface area contributed by atoms with E-state index in [1.165, 1.54) is 6.07 Å². The van der Waals surface area contributed by atoms with Gasteiger partial charge in [-0.25, -0.2) is 4.39 Å². The Hall–Kier alpha value is -1.33. The molecule has 0 amide bonds. The van der Waals surface area contributed by atoms with Gasteiger partial charge in [0.15, 0.2) is 0 Å². The molecule has 0 bridgehead atoms. The minimum atomic E-state index is -0.474. The molecule has 1 aromatic heterocycles. The van der Waals surface area contributed by atoms with Crippen LogP contribution in [0.4, 0.5) is 4.39 Å². The molecule has 1 fully saturated rings. The van der Waals surface area contributed by atoms with E-state index in [4.69, 9.17) is 9.31 Å². The third kappa shape index (κ3) is 1.80. The van der Waals surface area contributed by atoms with Crippen molar-refractivity contribution in [2.24, 2.45) is 0 Å². The number of nitrogens with one attached hydrogen (secondary N) is 1. The summed E-state index contributed by atoms with van der Waals surface area (Å²) in [5.74, 6) is -0.256. The fourth-order valence-electron chi connectivity index (χ4n) is 2.58. The molecule has 3 nitrogen and oxygen atoms in total. The zero-order valence-corrected chi connectivity index (χ0v) is 12.5. The largest absolute Gasteiger partial charge is 0.495 e. The van der Waals surface area contributed by atoms with Crippen LogP contribution in [0.1, 0.15) is 33.3 Å². The molecular weight excluding hydrogens is 256 g/mol. The van der Waals surface area contributed by atoms with Crippen LogP contribution in [0.15, 0.2) is 18.3 Å². The number of fused-ring (bicyclic) bond motifs is 1. The quantitative estimate of drug-likeness (QED) is 0.812. The van der Waals surface area contributed by atoms with Gasteiger partial charge in [-0.3, -0.25) is 0 Å².